The summed E-state index contributed by atoms with van der Waals surface area (Å²) in [6.45, 7) is 0. The average molecular weight is 210 g/mol. The second-order valence-corrected chi connectivity index (χ2v) is 3.76. The first-order chi connectivity index (χ1) is 6.65. The van der Waals surface area contributed by atoms with Crippen molar-refractivity contribution in [2.45, 2.75) is 5.16 Å². The highest BCUT2D eigenvalue weighted by Gasteiger charge is 2.10. The molecular weight excluding hydrogens is 200 g/mol. The van der Waals surface area contributed by atoms with Gasteiger partial charge in [0.1, 0.15) is 0 Å². The molecule has 74 valence electrons. The van der Waals surface area contributed by atoms with Gasteiger partial charge >= 0.3 is 0 Å². The van der Waals surface area contributed by atoms with E-state index in [2.05, 4.69) is 9.97 Å². The van der Waals surface area contributed by atoms with Gasteiger partial charge in [0.25, 0.3) is 5.56 Å². The van der Waals surface area contributed by atoms with Crippen LogP contribution in [0.3, 0.4) is 0 Å². The van der Waals surface area contributed by atoms with Crippen LogP contribution >= 0.6 is 11.8 Å². The Bertz CT molecular complexity index is 542. The molecule has 0 bridgehead atoms. The zero-order chi connectivity index (χ0) is 10.3. The normalized spacial score (nSPS) is 11.1. The van der Waals surface area contributed by atoms with Crippen LogP contribution in [-0.2, 0) is 14.1 Å². The Morgan fingerprint density at radius 2 is 2.14 bits per heavy atom. The van der Waals surface area contributed by atoms with E-state index in [1.54, 1.807) is 17.9 Å². The summed E-state index contributed by atoms with van der Waals surface area (Å²) in [6, 6.07) is 0. The Morgan fingerprint density at radius 1 is 1.43 bits per heavy atom. The molecule has 0 aliphatic heterocycles. The minimum atomic E-state index is -0.0973. The van der Waals surface area contributed by atoms with E-state index in [1.165, 1.54) is 16.3 Å². The van der Waals surface area contributed by atoms with Gasteiger partial charge in [-0.05, 0) is 6.26 Å². The minimum absolute atomic E-state index is 0.0973. The van der Waals surface area contributed by atoms with E-state index in [9.17, 15) is 4.79 Å². The molecule has 14 heavy (non-hydrogen) atoms. The van der Waals surface area contributed by atoms with Crippen LogP contribution in [0.5, 0.6) is 0 Å². The molecule has 2 aromatic rings. The smallest absolute Gasteiger partial charge is 0.282 e. The zero-order valence-corrected chi connectivity index (χ0v) is 9.00. The highest BCUT2D eigenvalue weighted by Crippen LogP contribution is 2.12. The summed E-state index contributed by atoms with van der Waals surface area (Å²) in [6.07, 6.45) is 3.49. The van der Waals surface area contributed by atoms with E-state index >= 15 is 0 Å². The Hall–Kier alpha value is -1.30. The molecule has 0 aromatic carbocycles. The molecule has 0 unspecified atom stereocenters. The van der Waals surface area contributed by atoms with Crippen molar-refractivity contribution in [2.75, 3.05) is 6.26 Å². The quantitative estimate of drug-likeness (QED) is 0.504. The maximum Gasteiger partial charge on any atom is 0.282 e. The van der Waals surface area contributed by atoms with Crippen molar-refractivity contribution in [2.24, 2.45) is 14.1 Å². The topological polar surface area (TPSA) is 52.7 Å². The second kappa shape index (κ2) is 3.13. The van der Waals surface area contributed by atoms with Crippen LogP contribution in [0.15, 0.2) is 16.3 Å². The number of aromatic nitrogens is 4. The number of hydrogen-bond donors (Lipinski definition) is 0. The van der Waals surface area contributed by atoms with E-state index < -0.39 is 0 Å². The monoisotopic (exact) mass is 210 g/mol. The van der Waals surface area contributed by atoms with Gasteiger partial charge in [-0.2, -0.15) is 0 Å². The highest BCUT2D eigenvalue weighted by atomic mass is 32.2. The van der Waals surface area contributed by atoms with Crippen molar-refractivity contribution < 1.29 is 0 Å². The number of nitrogens with zero attached hydrogens (tertiary/aromatic N) is 4. The summed E-state index contributed by atoms with van der Waals surface area (Å²) >= 11 is 1.45. The van der Waals surface area contributed by atoms with E-state index in [4.69, 9.17) is 0 Å². The lowest BCUT2D eigenvalue weighted by atomic mass is 10.5. The summed E-state index contributed by atoms with van der Waals surface area (Å²) in [5.41, 5.74) is 0.963. The zero-order valence-electron chi connectivity index (χ0n) is 8.18. The molecule has 0 N–H and O–H groups in total. The fraction of sp³-hybridized carbons (Fsp3) is 0.375. The molecular formula is C8H10N4OS. The van der Waals surface area contributed by atoms with E-state index in [0.29, 0.717) is 16.3 Å². The number of imidazole rings is 1. The summed E-state index contributed by atoms with van der Waals surface area (Å²) in [4.78, 5) is 20.1. The highest BCUT2D eigenvalue weighted by molar-refractivity contribution is 7.98. The second-order valence-electron chi connectivity index (χ2n) is 2.99. The first-order valence-corrected chi connectivity index (χ1v) is 5.29. The van der Waals surface area contributed by atoms with Crippen molar-refractivity contribution in [3.63, 3.8) is 0 Å². The number of hydrogen-bond acceptors (Lipinski definition) is 4. The summed E-state index contributed by atoms with van der Waals surface area (Å²) in [7, 11) is 3.53. The maximum absolute atomic E-state index is 11.8. The number of thioether (sulfide) groups is 1. The van der Waals surface area contributed by atoms with Crippen molar-refractivity contribution in [3.8, 4) is 0 Å². The maximum atomic E-state index is 11.8. The standard InChI is InChI=1S/C8H10N4OS/c1-11-4-9-5-6(11)10-8(14-3)12(2)7(5)13/h4H,1-3H3. The van der Waals surface area contributed by atoms with E-state index in [1.807, 2.05) is 13.3 Å². The molecule has 2 heterocycles. The first-order valence-electron chi connectivity index (χ1n) is 4.07. The largest absolute Gasteiger partial charge is 0.318 e. The molecule has 0 saturated carbocycles. The van der Waals surface area contributed by atoms with Gasteiger partial charge in [-0.15, -0.1) is 0 Å². The van der Waals surface area contributed by atoms with Gasteiger partial charge in [-0.1, -0.05) is 11.8 Å². The molecule has 0 radical (unpaired) electrons. The Morgan fingerprint density at radius 3 is 2.79 bits per heavy atom. The molecule has 0 aliphatic rings. The number of fused-ring (bicyclic) bond motifs is 1. The molecule has 6 heteroatoms. The van der Waals surface area contributed by atoms with Gasteiger partial charge in [-0.25, -0.2) is 9.97 Å². The Labute approximate surface area is 84.8 Å². The minimum Gasteiger partial charge on any atom is -0.318 e. The van der Waals surface area contributed by atoms with Crippen molar-refractivity contribution >= 4 is 22.9 Å². The fourth-order valence-electron chi connectivity index (χ4n) is 1.30. The van der Waals surface area contributed by atoms with E-state index in [-0.39, 0.29) is 5.56 Å². The van der Waals surface area contributed by atoms with Crippen LogP contribution in [0.1, 0.15) is 0 Å². The van der Waals surface area contributed by atoms with Crippen LogP contribution in [0.2, 0.25) is 0 Å². The van der Waals surface area contributed by atoms with Crippen molar-refractivity contribution in [1.29, 1.82) is 0 Å². The molecule has 0 spiro atoms. The predicted octanol–water partition coefficient (Wildman–Crippen LogP) is 0.389. The molecule has 0 fully saturated rings. The van der Waals surface area contributed by atoms with Gasteiger partial charge in [0, 0.05) is 14.1 Å². The van der Waals surface area contributed by atoms with E-state index in [0.717, 1.165) is 0 Å². The summed E-state index contributed by atoms with van der Waals surface area (Å²) in [5.74, 6) is 0. The SMILES string of the molecule is CSc1nc2c(ncn2C)c(=O)n1C. The lowest BCUT2D eigenvalue weighted by Crippen LogP contribution is -2.20. The number of rotatable bonds is 1. The van der Waals surface area contributed by atoms with Crippen LogP contribution in [0.25, 0.3) is 11.2 Å². The van der Waals surface area contributed by atoms with Crippen molar-refractivity contribution in [3.05, 3.63) is 16.7 Å². The third kappa shape index (κ3) is 1.14. The average Bonchev–Trinajstić information content (AvgIpc) is 2.54. The van der Waals surface area contributed by atoms with Crippen LogP contribution < -0.4 is 5.56 Å². The molecule has 0 atom stereocenters. The van der Waals surface area contributed by atoms with Crippen LogP contribution in [0.4, 0.5) is 0 Å². The molecule has 0 amide bonds. The van der Waals surface area contributed by atoms with Gasteiger partial charge in [0.15, 0.2) is 16.3 Å². The summed E-state index contributed by atoms with van der Waals surface area (Å²) < 4.78 is 3.26. The van der Waals surface area contributed by atoms with Gasteiger partial charge in [-0.3, -0.25) is 9.36 Å². The first kappa shape index (κ1) is 9.26. The van der Waals surface area contributed by atoms with Crippen LogP contribution in [0, 0.1) is 0 Å². The van der Waals surface area contributed by atoms with Crippen LogP contribution in [-0.4, -0.2) is 25.4 Å². The lowest BCUT2D eigenvalue weighted by molar-refractivity contribution is 0.719. The third-order valence-corrected chi connectivity index (χ3v) is 2.81. The van der Waals surface area contributed by atoms with Crippen molar-refractivity contribution in [1.82, 2.24) is 19.1 Å². The predicted molar refractivity (Wildman–Crippen MR) is 55.5 cm³/mol. The molecule has 2 aromatic heterocycles. The molecule has 0 saturated heterocycles. The third-order valence-electron chi connectivity index (χ3n) is 2.08. The molecule has 2 rings (SSSR count). The van der Waals surface area contributed by atoms with Gasteiger partial charge in [0.2, 0.25) is 0 Å². The Kier molecular flexibility index (Phi) is 2.07. The fourth-order valence-corrected chi connectivity index (χ4v) is 1.83. The van der Waals surface area contributed by atoms with Gasteiger partial charge in [0.05, 0.1) is 6.33 Å². The van der Waals surface area contributed by atoms with Gasteiger partial charge < -0.3 is 4.57 Å². The number of aryl methyl sites for hydroxylation is 1. The Balaban J connectivity index is 2.95. The lowest BCUT2D eigenvalue weighted by Gasteiger charge is -2.03. The summed E-state index contributed by atoms with van der Waals surface area (Å²) in [5, 5.41) is 0.700. The molecule has 0 aliphatic carbocycles. The molecule has 5 nitrogen and oxygen atoms in total.